The van der Waals surface area contributed by atoms with E-state index in [1.54, 1.807) is 30.3 Å². The Morgan fingerprint density at radius 1 is 0.821 bits per heavy atom. The maximum atomic E-state index is 12.6. The third kappa shape index (κ3) is 10.0. The number of thioether (sulfide) groups is 1. The topological polar surface area (TPSA) is 117 Å². The van der Waals surface area contributed by atoms with Gasteiger partial charge in [-0.15, -0.1) is 0 Å². The van der Waals surface area contributed by atoms with E-state index in [1.807, 2.05) is 0 Å². The monoisotopic (exact) mass is 562 g/mol. The molecule has 0 saturated carbocycles. The molecular weight excluding hydrogens is 516 g/mol. The molecule has 3 N–H and O–H groups in total. The van der Waals surface area contributed by atoms with Gasteiger partial charge in [-0.3, -0.25) is 4.79 Å². The molecule has 3 rings (SSSR count). The zero-order valence-corrected chi connectivity index (χ0v) is 24.1. The van der Waals surface area contributed by atoms with E-state index in [-0.39, 0.29) is 16.4 Å². The largest absolute Gasteiger partial charge is 0.422 e. The van der Waals surface area contributed by atoms with Gasteiger partial charge in [-0.25, -0.2) is 4.79 Å². The van der Waals surface area contributed by atoms with Crippen molar-refractivity contribution in [1.82, 2.24) is 0 Å². The SMILES string of the molecule is CCCCCCCCCCCCCCCC(=O)SC[C@H]1OC(c2cc3ccccc3oc2=O)[C@H](O)[C@@H](O)[C@H]1O. The number of rotatable bonds is 17. The van der Waals surface area contributed by atoms with Crippen LogP contribution in [-0.4, -0.2) is 50.6 Å². The molecule has 2 aromatic rings. The molecule has 1 aliphatic heterocycles. The normalized spacial score (nSPS) is 23.3. The molecule has 1 fully saturated rings. The van der Waals surface area contributed by atoms with Crippen LogP contribution in [0.2, 0.25) is 0 Å². The average molecular weight is 563 g/mol. The van der Waals surface area contributed by atoms with E-state index in [0.29, 0.717) is 17.4 Å². The van der Waals surface area contributed by atoms with E-state index < -0.39 is 36.1 Å². The molecule has 2 heterocycles. The molecule has 5 atom stereocenters. The number of unbranched alkanes of at least 4 members (excludes halogenated alkanes) is 12. The summed E-state index contributed by atoms with van der Waals surface area (Å²) in [5.74, 6) is 0.123. The van der Waals surface area contributed by atoms with Gasteiger partial charge in [0.1, 0.15) is 30.0 Å². The number of ether oxygens (including phenoxy) is 1. The average Bonchev–Trinajstić information content (AvgIpc) is 2.93. The van der Waals surface area contributed by atoms with E-state index >= 15 is 0 Å². The van der Waals surface area contributed by atoms with Gasteiger partial charge in [0.25, 0.3) is 0 Å². The highest BCUT2D eigenvalue weighted by atomic mass is 32.2. The summed E-state index contributed by atoms with van der Waals surface area (Å²) in [5, 5.41) is 32.1. The Hall–Kier alpha value is -1.71. The van der Waals surface area contributed by atoms with Gasteiger partial charge in [0, 0.05) is 17.6 Å². The lowest BCUT2D eigenvalue weighted by atomic mass is 9.92. The summed E-state index contributed by atoms with van der Waals surface area (Å²) in [7, 11) is 0. The van der Waals surface area contributed by atoms with Crippen molar-refractivity contribution < 1.29 is 29.3 Å². The minimum absolute atomic E-state index is 0.0104. The second-order valence-electron chi connectivity index (χ2n) is 10.8. The van der Waals surface area contributed by atoms with Gasteiger partial charge >= 0.3 is 5.63 Å². The molecule has 8 heteroatoms. The molecule has 0 radical (unpaired) electrons. The number of para-hydroxylation sites is 1. The van der Waals surface area contributed by atoms with Crippen LogP contribution in [0.25, 0.3) is 11.0 Å². The zero-order valence-electron chi connectivity index (χ0n) is 23.3. The second kappa shape index (κ2) is 17.2. The maximum absolute atomic E-state index is 12.6. The summed E-state index contributed by atoms with van der Waals surface area (Å²) in [6.07, 6.45) is 10.2. The first kappa shape index (κ1) is 31.8. The van der Waals surface area contributed by atoms with Crippen molar-refractivity contribution in [2.24, 2.45) is 0 Å². The van der Waals surface area contributed by atoms with Crippen molar-refractivity contribution in [3.63, 3.8) is 0 Å². The highest BCUT2D eigenvalue weighted by molar-refractivity contribution is 8.13. The van der Waals surface area contributed by atoms with Crippen LogP contribution in [0.3, 0.4) is 0 Å². The quantitative estimate of drug-likeness (QED) is 0.157. The van der Waals surface area contributed by atoms with Crippen molar-refractivity contribution in [3.8, 4) is 0 Å². The number of hydrogen-bond acceptors (Lipinski definition) is 8. The molecule has 0 bridgehead atoms. The molecule has 1 aromatic carbocycles. The standard InChI is InChI=1S/C31H46O7S/c1-2-3-4-5-6-7-8-9-10-11-12-13-14-19-26(32)39-21-25-27(33)28(34)29(35)30(37-25)23-20-22-17-15-16-18-24(22)38-31(23)36/h15-18,20,25,27-30,33-35H,2-14,19,21H2,1H3/t25-,27+,28+,29-,30?/m1/s1. The fourth-order valence-electron chi connectivity index (χ4n) is 5.16. The Morgan fingerprint density at radius 3 is 2.05 bits per heavy atom. The van der Waals surface area contributed by atoms with E-state index in [4.69, 9.17) is 9.15 Å². The predicted molar refractivity (Wildman–Crippen MR) is 156 cm³/mol. The molecule has 1 saturated heterocycles. The number of hydrogen-bond donors (Lipinski definition) is 3. The molecule has 1 aliphatic rings. The summed E-state index contributed by atoms with van der Waals surface area (Å²) >= 11 is 1.06. The first-order chi connectivity index (χ1) is 18.9. The Morgan fingerprint density at radius 2 is 1.41 bits per heavy atom. The maximum Gasteiger partial charge on any atom is 0.342 e. The van der Waals surface area contributed by atoms with Crippen LogP contribution in [0.15, 0.2) is 39.5 Å². The van der Waals surface area contributed by atoms with Gasteiger partial charge in [0.15, 0.2) is 5.12 Å². The molecule has 1 unspecified atom stereocenters. The van der Waals surface area contributed by atoms with Gasteiger partial charge < -0.3 is 24.5 Å². The predicted octanol–water partition coefficient (Wildman–Crippen LogP) is 6.06. The van der Waals surface area contributed by atoms with Gasteiger partial charge in [-0.1, -0.05) is 114 Å². The smallest absolute Gasteiger partial charge is 0.342 e. The molecule has 218 valence electrons. The lowest BCUT2D eigenvalue weighted by Gasteiger charge is -2.40. The Labute approximate surface area is 236 Å². The van der Waals surface area contributed by atoms with E-state index in [9.17, 15) is 24.9 Å². The van der Waals surface area contributed by atoms with Crippen molar-refractivity contribution in [2.45, 2.75) is 127 Å². The molecular formula is C31H46O7S. The molecule has 0 spiro atoms. The molecule has 7 nitrogen and oxygen atoms in total. The summed E-state index contributed by atoms with van der Waals surface area (Å²) in [5.41, 5.74) is -0.199. The first-order valence-electron chi connectivity index (χ1n) is 14.8. The van der Waals surface area contributed by atoms with E-state index in [1.165, 1.54) is 64.2 Å². The minimum Gasteiger partial charge on any atom is -0.422 e. The molecule has 0 amide bonds. The van der Waals surface area contributed by atoms with E-state index in [2.05, 4.69) is 6.92 Å². The van der Waals surface area contributed by atoms with Crippen molar-refractivity contribution in [3.05, 3.63) is 46.3 Å². The Bertz CT molecular complexity index is 1050. The molecule has 39 heavy (non-hydrogen) atoms. The van der Waals surface area contributed by atoms with Gasteiger partial charge in [-0.2, -0.15) is 0 Å². The van der Waals surface area contributed by atoms with Crippen LogP contribution in [0.4, 0.5) is 0 Å². The highest BCUT2D eigenvalue weighted by Crippen LogP contribution is 2.33. The number of aliphatic hydroxyl groups is 3. The molecule has 1 aromatic heterocycles. The summed E-state index contributed by atoms with van der Waals surface area (Å²) in [6, 6.07) is 8.55. The van der Waals surface area contributed by atoms with Gasteiger partial charge in [0.05, 0.1) is 11.7 Å². The van der Waals surface area contributed by atoms with Gasteiger partial charge in [-0.05, 0) is 18.6 Å². The third-order valence-electron chi connectivity index (χ3n) is 7.58. The number of carbonyl (C=O) groups is 1. The summed E-state index contributed by atoms with van der Waals surface area (Å²) in [4.78, 5) is 25.0. The lowest BCUT2D eigenvalue weighted by Crippen LogP contribution is -2.55. The number of fused-ring (bicyclic) bond motifs is 1. The fourth-order valence-corrected chi connectivity index (χ4v) is 6.07. The molecule has 0 aliphatic carbocycles. The zero-order chi connectivity index (χ0) is 28.0. The van der Waals surface area contributed by atoms with Crippen LogP contribution < -0.4 is 5.63 Å². The van der Waals surface area contributed by atoms with Crippen LogP contribution in [-0.2, 0) is 9.53 Å². The summed E-state index contributed by atoms with van der Waals surface area (Å²) < 4.78 is 11.2. The highest BCUT2D eigenvalue weighted by Gasteiger charge is 2.45. The first-order valence-corrected chi connectivity index (χ1v) is 15.8. The van der Waals surface area contributed by atoms with Gasteiger partial charge in [0.2, 0.25) is 0 Å². The van der Waals surface area contributed by atoms with Crippen molar-refractivity contribution in [1.29, 1.82) is 0 Å². The van der Waals surface area contributed by atoms with Crippen LogP contribution >= 0.6 is 11.8 Å². The Balaban J connectivity index is 1.35. The van der Waals surface area contributed by atoms with Crippen molar-refractivity contribution in [2.75, 3.05) is 5.75 Å². The number of aliphatic hydroxyl groups excluding tert-OH is 3. The second-order valence-corrected chi connectivity index (χ2v) is 11.8. The van der Waals surface area contributed by atoms with Crippen molar-refractivity contribution >= 4 is 27.8 Å². The van der Waals surface area contributed by atoms with Crippen LogP contribution in [0, 0.1) is 0 Å². The van der Waals surface area contributed by atoms with Crippen LogP contribution in [0.5, 0.6) is 0 Å². The minimum atomic E-state index is -1.52. The number of benzene rings is 1. The third-order valence-corrected chi connectivity index (χ3v) is 8.60. The lowest BCUT2D eigenvalue weighted by molar-refractivity contribution is -0.218. The van der Waals surface area contributed by atoms with E-state index in [0.717, 1.165) is 31.0 Å². The number of carbonyl (C=O) groups excluding carboxylic acids is 1. The van der Waals surface area contributed by atoms with Crippen LogP contribution in [0.1, 0.15) is 108 Å². The fraction of sp³-hybridized carbons (Fsp3) is 0.677. The summed E-state index contributed by atoms with van der Waals surface area (Å²) in [6.45, 7) is 2.25. The Kier molecular flexibility index (Phi) is 14.0.